The highest BCUT2D eigenvalue weighted by molar-refractivity contribution is 8.01. The van der Waals surface area contributed by atoms with Gasteiger partial charge in [-0.2, -0.15) is 0 Å². The maximum atomic E-state index is 13.7. The molecule has 3 amide bonds. The van der Waals surface area contributed by atoms with Crippen molar-refractivity contribution in [3.05, 3.63) is 59.2 Å². The number of rotatable bonds is 7. The second-order valence-corrected chi connectivity index (χ2v) is 11.8. The molecule has 0 aliphatic carbocycles. The fourth-order valence-corrected chi connectivity index (χ4v) is 6.68. The average molecular weight is 510 g/mol. The Hall–Kier alpha value is -3.20. The third kappa shape index (κ3) is 4.19. The molecule has 0 saturated carbocycles. The molecular formula is C27H31N3O5S. The van der Waals surface area contributed by atoms with E-state index in [4.69, 9.17) is 9.47 Å². The van der Waals surface area contributed by atoms with Crippen molar-refractivity contribution in [3.63, 3.8) is 0 Å². The smallest absolute Gasteiger partial charge is 0.256 e. The quantitative estimate of drug-likeness (QED) is 0.592. The Morgan fingerprint density at radius 3 is 2.69 bits per heavy atom. The van der Waals surface area contributed by atoms with Crippen LogP contribution >= 0.6 is 11.8 Å². The van der Waals surface area contributed by atoms with Crippen LogP contribution in [0.3, 0.4) is 0 Å². The molecule has 0 bridgehead atoms. The lowest BCUT2D eigenvalue weighted by Crippen LogP contribution is -2.58. The standard InChI is InChI=1S/C27H31N3O5S/c1-5-15(2)21(23(31)28-13-16-10-11-19-20(12-16)35-14-34-19)29-24(32)22-27(3,4)36-26-18-9-7-6-8-17(18)25(33)30(22)26/h6-12,15,21-22,26H,5,13-14H2,1-4H3,(H,28,31)(H,29,32)/t15-,21+,22+,26+/m1/s1. The molecule has 3 heterocycles. The van der Waals surface area contributed by atoms with Gasteiger partial charge >= 0.3 is 0 Å². The second-order valence-electron chi connectivity index (χ2n) is 10.1. The molecule has 0 aromatic heterocycles. The van der Waals surface area contributed by atoms with Crippen LogP contribution in [-0.4, -0.2) is 46.2 Å². The second kappa shape index (κ2) is 9.35. The summed E-state index contributed by atoms with van der Waals surface area (Å²) in [4.78, 5) is 41.9. The Morgan fingerprint density at radius 1 is 1.17 bits per heavy atom. The number of nitrogens with zero attached hydrogens (tertiary/aromatic N) is 1. The molecule has 2 aromatic rings. The van der Waals surface area contributed by atoms with Crippen LogP contribution in [0.2, 0.25) is 0 Å². The highest BCUT2D eigenvalue weighted by Gasteiger charge is 2.57. The molecule has 2 N–H and O–H groups in total. The summed E-state index contributed by atoms with van der Waals surface area (Å²) in [7, 11) is 0. The third-order valence-corrected chi connectivity index (χ3v) is 8.78. The number of thioether (sulfide) groups is 1. The molecule has 0 unspecified atom stereocenters. The summed E-state index contributed by atoms with van der Waals surface area (Å²) in [6.07, 6.45) is 0.710. The van der Waals surface area contributed by atoms with E-state index in [0.717, 1.165) is 11.1 Å². The fourth-order valence-electron chi connectivity index (χ4n) is 5.09. The van der Waals surface area contributed by atoms with Crippen LogP contribution in [0.15, 0.2) is 42.5 Å². The van der Waals surface area contributed by atoms with Crippen molar-refractivity contribution in [2.24, 2.45) is 5.92 Å². The van der Waals surface area contributed by atoms with Crippen LogP contribution in [0.1, 0.15) is 61.0 Å². The van der Waals surface area contributed by atoms with Gasteiger partial charge in [0.1, 0.15) is 17.5 Å². The third-order valence-electron chi connectivity index (χ3n) is 7.24. The molecular weight excluding hydrogens is 478 g/mol. The van der Waals surface area contributed by atoms with Crippen LogP contribution in [0.25, 0.3) is 0 Å². The molecule has 5 rings (SSSR count). The summed E-state index contributed by atoms with van der Waals surface area (Å²) < 4.78 is 10.2. The Morgan fingerprint density at radius 2 is 1.92 bits per heavy atom. The van der Waals surface area contributed by atoms with Crippen LogP contribution < -0.4 is 20.1 Å². The SMILES string of the molecule is CC[C@@H](C)[C@H](NC(=O)[C@@H]1N2C(=O)c3ccccc3[C@@H]2SC1(C)C)C(=O)NCc1ccc2c(c1)OCO2. The summed E-state index contributed by atoms with van der Waals surface area (Å²) in [5, 5.41) is 5.75. The number of fused-ring (bicyclic) bond motifs is 4. The lowest BCUT2D eigenvalue weighted by Gasteiger charge is -2.32. The average Bonchev–Trinajstić information content (AvgIpc) is 3.52. The molecule has 4 atom stereocenters. The van der Waals surface area contributed by atoms with Gasteiger partial charge in [0.15, 0.2) is 11.5 Å². The topological polar surface area (TPSA) is 97.0 Å². The van der Waals surface area contributed by atoms with E-state index in [0.29, 0.717) is 30.0 Å². The molecule has 0 spiro atoms. The molecule has 3 aliphatic rings. The van der Waals surface area contributed by atoms with Crippen molar-refractivity contribution in [1.82, 2.24) is 15.5 Å². The predicted octanol–water partition coefficient (Wildman–Crippen LogP) is 3.61. The zero-order valence-electron chi connectivity index (χ0n) is 20.9. The first-order valence-corrected chi connectivity index (χ1v) is 13.1. The van der Waals surface area contributed by atoms with E-state index in [1.807, 2.05) is 70.2 Å². The number of benzene rings is 2. The van der Waals surface area contributed by atoms with Crippen molar-refractivity contribution >= 4 is 29.5 Å². The first kappa shape index (κ1) is 24.5. The van der Waals surface area contributed by atoms with Crippen molar-refractivity contribution in [3.8, 4) is 11.5 Å². The maximum absolute atomic E-state index is 13.7. The van der Waals surface area contributed by atoms with Gasteiger partial charge in [-0.1, -0.05) is 44.5 Å². The molecule has 0 radical (unpaired) electrons. The van der Waals surface area contributed by atoms with E-state index >= 15 is 0 Å². The molecule has 2 aromatic carbocycles. The van der Waals surface area contributed by atoms with Crippen LogP contribution in [0, 0.1) is 5.92 Å². The van der Waals surface area contributed by atoms with Gasteiger partial charge in [0.2, 0.25) is 18.6 Å². The van der Waals surface area contributed by atoms with Crippen molar-refractivity contribution in [2.75, 3.05) is 6.79 Å². The molecule has 1 saturated heterocycles. The van der Waals surface area contributed by atoms with Gasteiger partial charge < -0.3 is 25.0 Å². The van der Waals surface area contributed by atoms with Crippen molar-refractivity contribution in [1.29, 1.82) is 0 Å². The fraction of sp³-hybridized carbons (Fsp3) is 0.444. The summed E-state index contributed by atoms with van der Waals surface area (Å²) >= 11 is 1.61. The van der Waals surface area contributed by atoms with E-state index in [1.54, 1.807) is 16.7 Å². The Labute approximate surface area is 215 Å². The maximum Gasteiger partial charge on any atom is 0.256 e. The minimum Gasteiger partial charge on any atom is -0.454 e. The number of ether oxygens (including phenoxy) is 2. The van der Waals surface area contributed by atoms with Gasteiger partial charge in [-0.3, -0.25) is 14.4 Å². The van der Waals surface area contributed by atoms with E-state index in [2.05, 4.69) is 10.6 Å². The lowest BCUT2D eigenvalue weighted by molar-refractivity contribution is -0.133. The first-order valence-electron chi connectivity index (χ1n) is 12.3. The molecule has 36 heavy (non-hydrogen) atoms. The normalized spacial score (nSPS) is 22.6. The molecule has 190 valence electrons. The van der Waals surface area contributed by atoms with Crippen LogP contribution in [0.5, 0.6) is 11.5 Å². The van der Waals surface area contributed by atoms with Gasteiger partial charge in [-0.25, -0.2) is 0 Å². The highest BCUT2D eigenvalue weighted by atomic mass is 32.2. The number of carbonyl (C=O) groups is 3. The number of nitrogens with one attached hydrogen (secondary N) is 2. The van der Waals surface area contributed by atoms with E-state index < -0.39 is 16.8 Å². The number of carbonyl (C=O) groups excluding carboxylic acids is 3. The Kier molecular flexibility index (Phi) is 6.36. The largest absolute Gasteiger partial charge is 0.454 e. The van der Waals surface area contributed by atoms with Gasteiger partial charge in [-0.05, 0) is 49.1 Å². The summed E-state index contributed by atoms with van der Waals surface area (Å²) in [6, 6.07) is 11.6. The predicted molar refractivity (Wildman–Crippen MR) is 137 cm³/mol. The van der Waals surface area contributed by atoms with Crippen LogP contribution in [-0.2, 0) is 16.1 Å². The first-order chi connectivity index (χ1) is 17.2. The van der Waals surface area contributed by atoms with E-state index in [9.17, 15) is 14.4 Å². The molecule has 3 aliphatic heterocycles. The highest BCUT2D eigenvalue weighted by Crippen LogP contribution is 2.56. The Bertz CT molecular complexity index is 1220. The summed E-state index contributed by atoms with van der Waals surface area (Å²) in [5.41, 5.74) is 2.46. The van der Waals surface area contributed by atoms with Crippen molar-refractivity contribution in [2.45, 2.75) is 62.9 Å². The zero-order chi connectivity index (χ0) is 25.6. The number of amides is 3. The van der Waals surface area contributed by atoms with E-state index in [1.165, 1.54) is 0 Å². The van der Waals surface area contributed by atoms with Gasteiger partial charge in [0.25, 0.3) is 5.91 Å². The van der Waals surface area contributed by atoms with E-state index in [-0.39, 0.29) is 35.8 Å². The molecule has 9 heteroatoms. The minimum atomic E-state index is -0.726. The molecule has 1 fully saturated rings. The number of hydrogen-bond acceptors (Lipinski definition) is 6. The van der Waals surface area contributed by atoms with Gasteiger partial charge in [0.05, 0.1) is 0 Å². The lowest BCUT2D eigenvalue weighted by atomic mass is 9.95. The number of hydrogen-bond donors (Lipinski definition) is 2. The van der Waals surface area contributed by atoms with Crippen molar-refractivity contribution < 1.29 is 23.9 Å². The summed E-state index contributed by atoms with van der Waals surface area (Å²) in [6.45, 7) is 8.38. The molecule has 8 nitrogen and oxygen atoms in total. The Balaban J connectivity index is 1.31. The minimum absolute atomic E-state index is 0.0925. The van der Waals surface area contributed by atoms with Crippen LogP contribution in [0.4, 0.5) is 0 Å². The van der Waals surface area contributed by atoms with Gasteiger partial charge in [-0.15, -0.1) is 11.8 Å². The van der Waals surface area contributed by atoms with Gasteiger partial charge in [0, 0.05) is 16.9 Å². The monoisotopic (exact) mass is 509 g/mol. The summed E-state index contributed by atoms with van der Waals surface area (Å²) in [5.74, 6) is 0.543. The zero-order valence-corrected chi connectivity index (χ0v) is 21.7.